The first-order valence-corrected chi connectivity index (χ1v) is 11.9. The molecule has 30 heavy (non-hydrogen) atoms. The Morgan fingerprint density at radius 1 is 1.17 bits per heavy atom. The summed E-state index contributed by atoms with van der Waals surface area (Å²) in [6.45, 7) is 4.33. The van der Waals surface area contributed by atoms with Crippen molar-refractivity contribution in [1.82, 2.24) is 4.72 Å². The molecule has 1 aliphatic heterocycles. The minimum absolute atomic E-state index is 0.0978. The monoisotopic (exact) mass is 450 g/mol. The summed E-state index contributed by atoms with van der Waals surface area (Å²) >= 11 is 1.64. The van der Waals surface area contributed by atoms with Gasteiger partial charge >= 0.3 is 0 Å². The highest BCUT2D eigenvalue weighted by Gasteiger charge is 2.27. The number of rotatable bonds is 7. The molecule has 2 aromatic carbocycles. The predicted molar refractivity (Wildman–Crippen MR) is 118 cm³/mol. The summed E-state index contributed by atoms with van der Waals surface area (Å²) < 4.78 is 38.8. The van der Waals surface area contributed by atoms with Crippen LogP contribution in [0.4, 0.5) is 5.69 Å². The summed E-state index contributed by atoms with van der Waals surface area (Å²) in [7, 11) is -0.583. The second-order valence-electron chi connectivity index (χ2n) is 7.02. The number of benzene rings is 2. The van der Waals surface area contributed by atoms with Gasteiger partial charge in [-0.25, -0.2) is 13.1 Å². The minimum Gasteiger partial charge on any atom is -0.493 e. The molecule has 1 amide bonds. The Bertz CT molecular complexity index is 1040. The molecule has 0 fully saturated rings. The first-order chi connectivity index (χ1) is 14.2. The standard InChI is InChI=1S/C21H26N2O5S2/c1-14-13-23(15(2)24)18-12-17(6-8-21(18)29-14)30(25,26)22-10-9-16-5-7-19(27-3)20(11-16)28-4/h5-8,11-12,14,22H,9-10,13H2,1-4H3. The van der Waals surface area contributed by atoms with Crippen molar-refractivity contribution in [3.8, 4) is 11.5 Å². The molecule has 162 valence electrons. The van der Waals surface area contributed by atoms with Crippen LogP contribution in [0, 0.1) is 0 Å². The van der Waals surface area contributed by atoms with Crippen LogP contribution in [-0.2, 0) is 21.2 Å². The smallest absolute Gasteiger partial charge is 0.240 e. The maximum atomic E-state index is 12.8. The SMILES string of the molecule is COc1ccc(CCNS(=O)(=O)c2ccc3c(c2)N(C(C)=O)CC(C)S3)cc1OC. The molecule has 7 nitrogen and oxygen atoms in total. The number of amides is 1. The van der Waals surface area contributed by atoms with E-state index < -0.39 is 10.0 Å². The van der Waals surface area contributed by atoms with Crippen LogP contribution < -0.4 is 19.1 Å². The van der Waals surface area contributed by atoms with Crippen LogP contribution in [0.2, 0.25) is 0 Å². The zero-order chi connectivity index (χ0) is 21.9. The molecular formula is C21H26N2O5S2. The molecule has 1 aliphatic rings. The van der Waals surface area contributed by atoms with Crippen LogP contribution in [0.1, 0.15) is 19.4 Å². The van der Waals surface area contributed by atoms with E-state index in [1.54, 1.807) is 55.1 Å². The van der Waals surface area contributed by atoms with Gasteiger partial charge in [0.2, 0.25) is 15.9 Å². The fourth-order valence-corrected chi connectivity index (χ4v) is 5.48. The third-order valence-electron chi connectivity index (χ3n) is 4.83. The summed E-state index contributed by atoms with van der Waals surface area (Å²) in [6.07, 6.45) is 0.497. The number of anilines is 1. The third-order valence-corrected chi connectivity index (χ3v) is 7.44. The molecule has 1 unspecified atom stereocenters. The Morgan fingerprint density at radius 2 is 1.90 bits per heavy atom. The zero-order valence-corrected chi connectivity index (χ0v) is 19.1. The van der Waals surface area contributed by atoms with Gasteiger partial charge in [0.1, 0.15) is 0 Å². The van der Waals surface area contributed by atoms with Gasteiger partial charge in [0.05, 0.1) is 24.8 Å². The average Bonchev–Trinajstić information content (AvgIpc) is 2.72. The maximum absolute atomic E-state index is 12.8. The number of nitrogens with one attached hydrogen (secondary N) is 1. The highest BCUT2D eigenvalue weighted by atomic mass is 32.2. The zero-order valence-electron chi connectivity index (χ0n) is 17.5. The second-order valence-corrected chi connectivity index (χ2v) is 10.3. The predicted octanol–water partition coefficient (Wildman–Crippen LogP) is 3.07. The van der Waals surface area contributed by atoms with Crippen molar-refractivity contribution < 1.29 is 22.7 Å². The van der Waals surface area contributed by atoms with Crippen molar-refractivity contribution in [1.29, 1.82) is 0 Å². The Labute approximate surface area is 181 Å². The molecule has 0 aromatic heterocycles. The minimum atomic E-state index is -3.71. The fraction of sp³-hybridized carbons (Fsp3) is 0.381. The molecule has 1 N–H and O–H groups in total. The lowest BCUT2D eigenvalue weighted by molar-refractivity contribution is -0.116. The van der Waals surface area contributed by atoms with Gasteiger partial charge in [0, 0.05) is 30.2 Å². The van der Waals surface area contributed by atoms with E-state index in [9.17, 15) is 13.2 Å². The molecule has 0 saturated heterocycles. The highest BCUT2D eigenvalue weighted by molar-refractivity contribution is 8.00. The first kappa shape index (κ1) is 22.5. The number of methoxy groups -OCH3 is 2. The number of fused-ring (bicyclic) bond motifs is 1. The molecule has 1 atom stereocenters. The molecule has 0 bridgehead atoms. The van der Waals surface area contributed by atoms with Gasteiger partial charge in [-0.3, -0.25) is 4.79 Å². The Kier molecular flexibility index (Phi) is 6.95. The number of hydrogen-bond donors (Lipinski definition) is 1. The van der Waals surface area contributed by atoms with E-state index in [0.717, 1.165) is 10.5 Å². The molecule has 1 heterocycles. The quantitative estimate of drug-likeness (QED) is 0.698. The van der Waals surface area contributed by atoms with Gasteiger partial charge in [0.25, 0.3) is 0 Å². The average molecular weight is 451 g/mol. The third kappa shape index (κ3) is 4.91. The lowest BCUT2D eigenvalue weighted by atomic mass is 10.1. The van der Waals surface area contributed by atoms with E-state index in [-0.39, 0.29) is 22.6 Å². The topological polar surface area (TPSA) is 84.9 Å². The summed E-state index contributed by atoms with van der Waals surface area (Å²) in [6, 6.07) is 10.4. The van der Waals surface area contributed by atoms with Gasteiger partial charge in [-0.15, -0.1) is 11.8 Å². The number of carbonyl (C=O) groups is 1. The van der Waals surface area contributed by atoms with Crippen LogP contribution in [0.15, 0.2) is 46.2 Å². The number of thioether (sulfide) groups is 1. The number of hydrogen-bond acceptors (Lipinski definition) is 6. The molecule has 0 radical (unpaired) electrons. The van der Waals surface area contributed by atoms with Crippen LogP contribution in [0.5, 0.6) is 11.5 Å². The summed E-state index contributed by atoms with van der Waals surface area (Å²) in [4.78, 5) is 14.7. The van der Waals surface area contributed by atoms with Crippen molar-refractivity contribution in [3.63, 3.8) is 0 Å². The van der Waals surface area contributed by atoms with Crippen molar-refractivity contribution >= 4 is 33.4 Å². The van der Waals surface area contributed by atoms with E-state index >= 15 is 0 Å². The van der Waals surface area contributed by atoms with E-state index in [4.69, 9.17) is 9.47 Å². The summed E-state index contributed by atoms with van der Waals surface area (Å²) in [5.41, 5.74) is 1.57. The summed E-state index contributed by atoms with van der Waals surface area (Å²) in [5, 5.41) is 0.253. The van der Waals surface area contributed by atoms with Crippen molar-refractivity contribution in [2.24, 2.45) is 0 Å². The van der Waals surface area contributed by atoms with Gasteiger partial charge in [0.15, 0.2) is 11.5 Å². The molecule has 0 spiro atoms. The van der Waals surface area contributed by atoms with Gasteiger partial charge in [-0.05, 0) is 42.3 Å². The lowest BCUT2D eigenvalue weighted by Gasteiger charge is -2.32. The number of carbonyl (C=O) groups excluding carboxylic acids is 1. The van der Waals surface area contributed by atoms with Gasteiger partial charge in [-0.1, -0.05) is 13.0 Å². The van der Waals surface area contributed by atoms with Gasteiger partial charge in [-0.2, -0.15) is 0 Å². The van der Waals surface area contributed by atoms with Crippen LogP contribution in [0.3, 0.4) is 0 Å². The molecule has 3 rings (SSSR count). The van der Waals surface area contributed by atoms with Crippen LogP contribution in [-0.4, -0.2) is 46.9 Å². The number of ether oxygens (including phenoxy) is 2. The van der Waals surface area contributed by atoms with Crippen molar-refractivity contribution in [2.75, 3.05) is 32.2 Å². The molecule has 2 aromatic rings. The fourth-order valence-electron chi connectivity index (χ4n) is 3.33. The molecule has 9 heteroatoms. The Hall–Kier alpha value is -2.23. The van der Waals surface area contributed by atoms with Gasteiger partial charge < -0.3 is 14.4 Å². The number of sulfonamides is 1. The van der Waals surface area contributed by atoms with E-state index in [0.29, 0.717) is 30.2 Å². The maximum Gasteiger partial charge on any atom is 0.240 e. The second kappa shape index (κ2) is 9.28. The normalized spacial score (nSPS) is 16.1. The van der Waals surface area contributed by atoms with Crippen LogP contribution >= 0.6 is 11.8 Å². The van der Waals surface area contributed by atoms with Crippen LogP contribution in [0.25, 0.3) is 0 Å². The Morgan fingerprint density at radius 3 is 2.57 bits per heavy atom. The van der Waals surface area contributed by atoms with E-state index in [1.165, 1.54) is 6.92 Å². The highest BCUT2D eigenvalue weighted by Crippen LogP contribution is 2.39. The summed E-state index contributed by atoms with van der Waals surface area (Å²) in [5.74, 6) is 1.13. The van der Waals surface area contributed by atoms with Crippen molar-refractivity contribution in [3.05, 3.63) is 42.0 Å². The first-order valence-electron chi connectivity index (χ1n) is 9.54. The van der Waals surface area contributed by atoms with E-state index in [1.807, 2.05) is 19.1 Å². The molecular weight excluding hydrogens is 424 g/mol. The number of nitrogens with zero attached hydrogens (tertiary/aromatic N) is 1. The van der Waals surface area contributed by atoms with Crippen molar-refractivity contribution in [2.45, 2.75) is 35.3 Å². The Balaban J connectivity index is 1.73. The lowest BCUT2D eigenvalue weighted by Crippen LogP contribution is -2.37. The van der Waals surface area contributed by atoms with E-state index in [2.05, 4.69) is 4.72 Å². The molecule has 0 aliphatic carbocycles. The molecule has 0 saturated carbocycles. The largest absolute Gasteiger partial charge is 0.493 e.